The molecule has 3 heteroatoms. The predicted molar refractivity (Wildman–Crippen MR) is 52.7 cm³/mol. The molecular weight excluding hydrogens is 176 g/mol. The van der Waals surface area contributed by atoms with Crippen molar-refractivity contribution in [2.24, 2.45) is 0 Å². The van der Waals surface area contributed by atoms with E-state index in [1.165, 1.54) is 0 Å². The lowest BCUT2D eigenvalue weighted by molar-refractivity contribution is 0.0969. The van der Waals surface area contributed by atoms with Crippen LogP contribution in [0.15, 0.2) is 24.4 Å². The van der Waals surface area contributed by atoms with Gasteiger partial charge in [0.25, 0.3) is 5.91 Å². The highest BCUT2D eigenvalue weighted by atomic mass is 16.1. The Bertz CT molecular complexity index is 486. The molecule has 4 rings (SSSR count). The molecule has 0 aromatic carbocycles. The van der Waals surface area contributed by atoms with Gasteiger partial charge in [-0.05, 0) is 12.1 Å². The summed E-state index contributed by atoms with van der Waals surface area (Å²) < 4.78 is 0. The number of carbonyl (C=O) groups is 1. The highest BCUT2D eigenvalue weighted by Gasteiger charge is 2.22. The summed E-state index contributed by atoms with van der Waals surface area (Å²) in [7, 11) is 0. The van der Waals surface area contributed by atoms with Crippen LogP contribution in [-0.2, 0) is 6.42 Å². The lowest BCUT2D eigenvalue weighted by atomic mass is 9.93. The van der Waals surface area contributed by atoms with Crippen LogP contribution < -0.4 is 5.32 Å². The lowest BCUT2D eigenvalue weighted by Gasteiger charge is -2.20. The Morgan fingerprint density at radius 3 is 3.07 bits per heavy atom. The molecule has 3 aliphatic rings. The molecule has 1 aromatic heterocycles. The van der Waals surface area contributed by atoms with E-state index in [-0.39, 0.29) is 5.91 Å². The summed E-state index contributed by atoms with van der Waals surface area (Å²) in [5.41, 5.74) is 3.73. The summed E-state index contributed by atoms with van der Waals surface area (Å²) in [6.07, 6.45) is 8.20. The standard InChI is InChI=1S/C11H8N2O/c14-11-9-5-7-6-10(13-7)8(9)3-1-2-4-12-11/h1-5H,6H2,(H,12,14). The van der Waals surface area contributed by atoms with Gasteiger partial charge in [0.1, 0.15) is 0 Å². The van der Waals surface area contributed by atoms with E-state index in [0.29, 0.717) is 0 Å². The summed E-state index contributed by atoms with van der Waals surface area (Å²) >= 11 is 0. The summed E-state index contributed by atoms with van der Waals surface area (Å²) in [6, 6.07) is 1.86. The van der Waals surface area contributed by atoms with Gasteiger partial charge in [0.2, 0.25) is 0 Å². The number of allylic oxidation sites excluding steroid dienone is 2. The van der Waals surface area contributed by atoms with E-state index in [2.05, 4.69) is 10.3 Å². The normalized spacial score (nSPS) is 16.4. The second-order valence-corrected chi connectivity index (χ2v) is 3.39. The van der Waals surface area contributed by atoms with E-state index in [1.807, 2.05) is 18.2 Å². The minimum absolute atomic E-state index is 0.0507. The largest absolute Gasteiger partial charge is 0.329 e. The third-order valence-corrected chi connectivity index (χ3v) is 2.47. The number of nitrogens with zero attached hydrogens (tertiary/aromatic N) is 1. The smallest absolute Gasteiger partial charge is 0.255 e. The topological polar surface area (TPSA) is 42.0 Å². The molecule has 0 saturated carbocycles. The van der Waals surface area contributed by atoms with Gasteiger partial charge in [-0.15, -0.1) is 0 Å². The minimum atomic E-state index is -0.0507. The first kappa shape index (κ1) is 7.50. The molecule has 1 N–H and O–H groups in total. The van der Waals surface area contributed by atoms with Crippen molar-refractivity contribution in [3.8, 4) is 0 Å². The van der Waals surface area contributed by atoms with Gasteiger partial charge in [0, 0.05) is 23.9 Å². The number of nitrogens with one attached hydrogen (secondary N) is 1. The molecule has 14 heavy (non-hydrogen) atoms. The van der Waals surface area contributed by atoms with Gasteiger partial charge < -0.3 is 5.32 Å². The summed E-state index contributed by atoms with van der Waals surface area (Å²) in [5, 5.41) is 2.70. The minimum Gasteiger partial charge on any atom is -0.329 e. The van der Waals surface area contributed by atoms with Gasteiger partial charge in [-0.25, -0.2) is 0 Å². The van der Waals surface area contributed by atoms with E-state index in [1.54, 1.807) is 12.3 Å². The first-order valence-corrected chi connectivity index (χ1v) is 4.51. The monoisotopic (exact) mass is 184 g/mol. The van der Waals surface area contributed by atoms with Gasteiger partial charge in [-0.1, -0.05) is 12.2 Å². The number of aromatic nitrogens is 1. The van der Waals surface area contributed by atoms with Crippen LogP contribution in [0.5, 0.6) is 0 Å². The fourth-order valence-corrected chi connectivity index (χ4v) is 1.75. The molecule has 68 valence electrons. The van der Waals surface area contributed by atoms with Crippen LogP contribution in [0, 0.1) is 0 Å². The number of hydrogen-bond acceptors (Lipinski definition) is 2. The van der Waals surface area contributed by atoms with Crippen molar-refractivity contribution in [1.29, 1.82) is 0 Å². The highest BCUT2D eigenvalue weighted by molar-refractivity contribution is 5.99. The van der Waals surface area contributed by atoms with Crippen LogP contribution in [0.2, 0.25) is 0 Å². The van der Waals surface area contributed by atoms with Crippen molar-refractivity contribution >= 4 is 12.0 Å². The van der Waals surface area contributed by atoms with E-state index < -0.39 is 0 Å². The van der Waals surface area contributed by atoms with E-state index in [9.17, 15) is 4.79 Å². The maximum atomic E-state index is 11.6. The predicted octanol–water partition coefficient (Wildman–Crippen LogP) is 1.26. The van der Waals surface area contributed by atoms with Crippen LogP contribution in [0.4, 0.5) is 0 Å². The molecule has 1 aromatic rings. The van der Waals surface area contributed by atoms with Crippen molar-refractivity contribution in [3.63, 3.8) is 0 Å². The molecule has 3 nitrogen and oxygen atoms in total. The van der Waals surface area contributed by atoms with Crippen molar-refractivity contribution < 1.29 is 4.79 Å². The molecular formula is C11H8N2O. The van der Waals surface area contributed by atoms with Gasteiger partial charge >= 0.3 is 0 Å². The molecule has 1 aliphatic carbocycles. The SMILES string of the molecule is O=C1NC=CC=Cc2c1cc1nc2C1. The molecule has 0 radical (unpaired) electrons. The maximum absolute atomic E-state index is 11.6. The fraction of sp³-hybridized carbons (Fsp3) is 0.0909. The van der Waals surface area contributed by atoms with Crippen LogP contribution in [0.1, 0.15) is 27.3 Å². The van der Waals surface area contributed by atoms with Gasteiger partial charge in [0.05, 0.1) is 11.3 Å². The second-order valence-electron chi connectivity index (χ2n) is 3.39. The number of amides is 1. The average Bonchev–Trinajstić information content (AvgIpc) is 2.12. The molecule has 2 bridgehead atoms. The Morgan fingerprint density at radius 2 is 2.21 bits per heavy atom. The van der Waals surface area contributed by atoms with Crippen LogP contribution in [-0.4, -0.2) is 10.9 Å². The van der Waals surface area contributed by atoms with Crippen molar-refractivity contribution in [2.45, 2.75) is 6.42 Å². The van der Waals surface area contributed by atoms with Gasteiger partial charge in [-0.3, -0.25) is 9.78 Å². The van der Waals surface area contributed by atoms with Gasteiger partial charge in [0.15, 0.2) is 0 Å². The zero-order chi connectivity index (χ0) is 9.54. The third-order valence-electron chi connectivity index (χ3n) is 2.47. The molecule has 2 aliphatic heterocycles. The lowest BCUT2D eigenvalue weighted by Crippen LogP contribution is -2.23. The first-order chi connectivity index (χ1) is 6.84. The molecule has 0 saturated heterocycles. The summed E-state index contributed by atoms with van der Waals surface area (Å²) in [5.74, 6) is -0.0507. The molecule has 0 spiro atoms. The molecule has 0 atom stereocenters. The Kier molecular flexibility index (Phi) is 1.36. The Morgan fingerprint density at radius 1 is 1.36 bits per heavy atom. The van der Waals surface area contributed by atoms with Crippen LogP contribution in [0.3, 0.4) is 0 Å². The van der Waals surface area contributed by atoms with Crippen LogP contribution >= 0.6 is 0 Å². The Balaban J connectivity index is 2.24. The van der Waals surface area contributed by atoms with E-state index >= 15 is 0 Å². The van der Waals surface area contributed by atoms with Crippen molar-refractivity contribution in [1.82, 2.24) is 10.3 Å². The Hall–Kier alpha value is -1.90. The summed E-state index contributed by atoms with van der Waals surface area (Å²) in [6.45, 7) is 0. The molecule has 0 fully saturated rings. The summed E-state index contributed by atoms with van der Waals surface area (Å²) in [4.78, 5) is 15.9. The van der Waals surface area contributed by atoms with Gasteiger partial charge in [-0.2, -0.15) is 0 Å². The number of carbonyl (C=O) groups excluding carboxylic acids is 1. The highest BCUT2D eigenvalue weighted by Crippen LogP contribution is 2.26. The average molecular weight is 184 g/mol. The van der Waals surface area contributed by atoms with E-state index in [0.717, 1.165) is 28.9 Å². The number of hydrogen-bond donors (Lipinski definition) is 1. The quantitative estimate of drug-likeness (QED) is 0.669. The zero-order valence-corrected chi connectivity index (χ0v) is 7.45. The first-order valence-electron chi connectivity index (χ1n) is 4.51. The van der Waals surface area contributed by atoms with E-state index in [4.69, 9.17) is 0 Å². The van der Waals surface area contributed by atoms with Crippen molar-refractivity contribution in [3.05, 3.63) is 46.9 Å². The Labute approximate surface area is 81.2 Å². The molecule has 1 amide bonds. The third kappa shape index (κ3) is 0.923. The molecule has 0 unspecified atom stereocenters. The second kappa shape index (κ2) is 2.54. The van der Waals surface area contributed by atoms with Crippen LogP contribution in [0.25, 0.3) is 6.08 Å². The number of rotatable bonds is 0. The number of pyridine rings is 1. The fourth-order valence-electron chi connectivity index (χ4n) is 1.75. The maximum Gasteiger partial charge on any atom is 0.255 e. The van der Waals surface area contributed by atoms with Crippen molar-refractivity contribution in [2.75, 3.05) is 0 Å². The molecule has 3 heterocycles. The zero-order valence-electron chi connectivity index (χ0n) is 7.45.